The summed E-state index contributed by atoms with van der Waals surface area (Å²) in [5, 5.41) is 5.36. The molecule has 0 atom stereocenters. The summed E-state index contributed by atoms with van der Waals surface area (Å²) in [6.07, 6.45) is 7.32. The predicted octanol–water partition coefficient (Wildman–Crippen LogP) is 8.30. The molecule has 0 aliphatic heterocycles. The van der Waals surface area contributed by atoms with Gasteiger partial charge in [-0.05, 0) is 48.9 Å². The van der Waals surface area contributed by atoms with Crippen LogP contribution in [0.1, 0.15) is 36.8 Å². The Hall–Kier alpha value is -3.52. The second-order valence-electron chi connectivity index (χ2n) is 8.93. The summed E-state index contributed by atoms with van der Waals surface area (Å²) in [6, 6.07) is 30.7. The van der Waals surface area contributed by atoms with Crippen molar-refractivity contribution in [2.75, 3.05) is 0 Å². The Bertz CT molecular complexity index is 1420. The molecule has 2 N–H and O–H groups in total. The van der Waals surface area contributed by atoms with Crippen molar-refractivity contribution in [1.29, 1.82) is 0 Å². The molecule has 0 radical (unpaired) electrons. The summed E-state index contributed by atoms with van der Waals surface area (Å²) in [4.78, 5) is 7.29. The first-order valence-electron chi connectivity index (χ1n) is 11.8. The molecule has 2 aromatic heterocycles. The van der Waals surface area contributed by atoms with Crippen LogP contribution in [0.25, 0.3) is 43.6 Å². The Balaban J connectivity index is 1.09. The van der Waals surface area contributed by atoms with Crippen LogP contribution in [-0.4, -0.2) is 9.97 Å². The van der Waals surface area contributed by atoms with Crippen LogP contribution < -0.4 is 0 Å². The molecule has 32 heavy (non-hydrogen) atoms. The van der Waals surface area contributed by atoms with Gasteiger partial charge in [0.25, 0.3) is 0 Å². The van der Waals surface area contributed by atoms with Gasteiger partial charge in [-0.2, -0.15) is 0 Å². The quantitative estimate of drug-likeness (QED) is 0.245. The van der Waals surface area contributed by atoms with Gasteiger partial charge in [0.1, 0.15) is 0 Å². The topological polar surface area (TPSA) is 31.6 Å². The molecule has 0 aliphatic carbocycles. The Morgan fingerprint density at radius 2 is 0.844 bits per heavy atom. The van der Waals surface area contributed by atoms with E-state index in [9.17, 15) is 0 Å². The zero-order valence-corrected chi connectivity index (χ0v) is 18.3. The summed E-state index contributed by atoms with van der Waals surface area (Å²) in [5.41, 5.74) is 8.00. The molecular formula is C30H28N2. The van der Waals surface area contributed by atoms with Crippen LogP contribution in [0.3, 0.4) is 0 Å². The Kier molecular flexibility index (Phi) is 4.92. The third kappa shape index (κ3) is 3.36. The first-order chi connectivity index (χ1) is 15.9. The highest BCUT2D eigenvalue weighted by molar-refractivity contribution is 6.09. The molecule has 6 rings (SSSR count). The lowest BCUT2D eigenvalue weighted by Crippen LogP contribution is -1.90. The molecule has 2 nitrogen and oxygen atoms in total. The van der Waals surface area contributed by atoms with Crippen LogP contribution >= 0.6 is 0 Å². The summed E-state index contributed by atoms with van der Waals surface area (Å²) in [6.45, 7) is 0. The van der Waals surface area contributed by atoms with Gasteiger partial charge in [-0.1, -0.05) is 85.6 Å². The number of hydrogen-bond acceptors (Lipinski definition) is 0. The molecule has 2 heterocycles. The maximum atomic E-state index is 3.64. The van der Waals surface area contributed by atoms with E-state index in [0.29, 0.717) is 0 Å². The third-order valence-electron chi connectivity index (χ3n) is 6.90. The van der Waals surface area contributed by atoms with Gasteiger partial charge in [-0.15, -0.1) is 0 Å². The van der Waals surface area contributed by atoms with Gasteiger partial charge in [-0.25, -0.2) is 0 Å². The van der Waals surface area contributed by atoms with Gasteiger partial charge in [0, 0.05) is 43.6 Å². The van der Waals surface area contributed by atoms with Gasteiger partial charge in [0.2, 0.25) is 0 Å². The second kappa shape index (κ2) is 8.20. The van der Waals surface area contributed by atoms with Gasteiger partial charge in [0.15, 0.2) is 0 Å². The fourth-order valence-electron chi connectivity index (χ4n) is 5.27. The first kappa shape index (κ1) is 19.2. The number of aromatic nitrogens is 2. The highest BCUT2D eigenvalue weighted by Crippen LogP contribution is 2.30. The summed E-state index contributed by atoms with van der Waals surface area (Å²) < 4.78 is 0. The molecule has 0 saturated heterocycles. The fraction of sp³-hybridized carbons (Fsp3) is 0.200. The second-order valence-corrected chi connectivity index (χ2v) is 8.93. The van der Waals surface area contributed by atoms with Crippen molar-refractivity contribution in [1.82, 2.24) is 9.97 Å². The third-order valence-corrected chi connectivity index (χ3v) is 6.90. The predicted molar refractivity (Wildman–Crippen MR) is 137 cm³/mol. The normalized spacial score (nSPS) is 11.9. The van der Waals surface area contributed by atoms with Gasteiger partial charge in [-0.3, -0.25) is 0 Å². The molecule has 4 aromatic carbocycles. The lowest BCUT2D eigenvalue weighted by Gasteiger charge is -2.06. The molecule has 0 fully saturated rings. The van der Waals surface area contributed by atoms with Crippen molar-refractivity contribution in [3.05, 3.63) is 96.1 Å². The number of H-pyrrole nitrogens is 2. The van der Waals surface area contributed by atoms with Gasteiger partial charge in [0.05, 0.1) is 0 Å². The highest BCUT2D eigenvalue weighted by atomic mass is 14.7. The van der Waals surface area contributed by atoms with E-state index in [1.165, 1.54) is 80.4 Å². The van der Waals surface area contributed by atoms with Crippen molar-refractivity contribution in [2.24, 2.45) is 0 Å². The minimum absolute atomic E-state index is 1.14. The number of aromatic amines is 2. The van der Waals surface area contributed by atoms with E-state index in [0.717, 1.165) is 12.8 Å². The monoisotopic (exact) mass is 416 g/mol. The van der Waals surface area contributed by atoms with E-state index in [-0.39, 0.29) is 0 Å². The highest BCUT2D eigenvalue weighted by Gasteiger charge is 2.09. The molecule has 6 aromatic rings. The van der Waals surface area contributed by atoms with Crippen LogP contribution in [0, 0.1) is 0 Å². The maximum Gasteiger partial charge on any atom is 0.0497 e. The first-order valence-corrected chi connectivity index (χ1v) is 11.8. The minimum Gasteiger partial charge on any atom is -0.354 e. The van der Waals surface area contributed by atoms with E-state index >= 15 is 0 Å². The number of para-hydroxylation sites is 4. The van der Waals surface area contributed by atoms with E-state index in [4.69, 9.17) is 0 Å². The van der Waals surface area contributed by atoms with Crippen molar-refractivity contribution >= 4 is 43.6 Å². The van der Waals surface area contributed by atoms with Crippen molar-refractivity contribution in [2.45, 2.75) is 38.5 Å². The molecule has 2 heteroatoms. The lowest BCUT2D eigenvalue weighted by molar-refractivity contribution is 0.642. The summed E-state index contributed by atoms with van der Waals surface area (Å²) >= 11 is 0. The summed E-state index contributed by atoms with van der Waals surface area (Å²) in [7, 11) is 0. The Labute approximate surface area is 188 Å². The number of hydrogen-bond donors (Lipinski definition) is 2. The number of aryl methyl sites for hydroxylation is 2. The Morgan fingerprint density at radius 1 is 0.406 bits per heavy atom. The average Bonchev–Trinajstić information content (AvgIpc) is 3.41. The SMILES string of the molecule is c1ccc2c(c1)[nH]c1c(CCCCCCc3cccc4c3[nH]c3ccccc34)cccc12. The number of rotatable bonds is 7. The Morgan fingerprint density at radius 3 is 1.34 bits per heavy atom. The number of nitrogens with one attached hydrogen (secondary N) is 2. The zero-order chi connectivity index (χ0) is 21.3. The van der Waals surface area contributed by atoms with Crippen molar-refractivity contribution in [3.63, 3.8) is 0 Å². The summed E-state index contributed by atoms with van der Waals surface area (Å²) in [5.74, 6) is 0. The molecule has 0 aliphatic rings. The molecule has 0 unspecified atom stereocenters. The smallest absolute Gasteiger partial charge is 0.0497 e. The van der Waals surface area contributed by atoms with Crippen LogP contribution in [0.15, 0.2) is 84.9 Å². The number of benzene rings is 4. The fourth-order valence-corrected chi connectivity index (χ4v) is 5.27. The van der Waals surface area contributed by atoms with Crippen LogP contribution in [0.2, 0.25) is 0 Å². The number of fused-ring (bicyclic) bond motifs is 6. The van der Waals surface area contributed by atoms with Crippen molar-refractivity contribution in [3.8, 4) is 0 Å². The van der Waals surface area contributed by atoms with Gasteiger partial charge >= 0.3 is 0 Å². The van der Waals surface area contributed by atoms with E-state index in [1.807, 2.05) is 0 Å². The van der Waals surface area contributed by atoms with Crippen LogP contribution in [0.4, 0.5) is 0 Å². The molecule has 0 saturated carbocycles. The van der Waals surface area contributed by atoms with Crippen LogP contribution in [0.5, 0.6) is 0 Å². The molecule has 0 bridgehead atoms. The molecule has 158 valence electrons. The minimum atomic E-state index is 1.14. The van der Waals surface area contributed by atoms with E-state index in [2.05, 4.69) is 94.9 Å². The van der Waals surface area contributed by atoms with Crippen LogP contribution in [-0.2, 0) is 12.8 Å². The molecule has 0 spiro atoms. The lowest BCUT2D eigenvalue weighted by atomic mass is 10.0. The largest absolute Gasteiger partial charge is 0.354 e. The standard InChI is InChI=1S/C30H28N2/c1(3-11-21-13-9-17-25-23-15-5-7-19-27(23)31-29(21)25)2-4-12-22-14-10-18-26-24-16-6-8-20-28(24)32-30(22)26/h5-10,13-20,31-32H,1-4,11-12H2. The van der Waals surface area contributed by atoms with E-state index in [1.54, 1.807) is 0 Å². The maximum absolute atomic E-state index is 3.64. The van der Waals surface area contributed by atoms with Crippen molar-refractivity contribution < 1.29 is 0 Å². The average molecular weight is 417 g/mol. The number of unbranched alkanes of at least 4 members (excludes halogenated alkanes) is 3. The van der Waals surface area contributed by atoms with Gasteiger partial charge < -0.3 is 9.97 Å². The zero-order valence-electron chi connectivity index (χ0n) is 18.3. The molecular weight excluding hydrogens is 388 g/mol. The van der Waals surface area contributed by atoms with E-state index < -0.39 is 0 Å². The molecule has 0 amide bonds.